The second kappa shape index (κ2) is 7.15. The molecule has 0 atom stereocenters. The van der Waals surface area contributed by atoms with Gasteiger partial charge in [0.25, 0.3) is 5.91 Å². The lowest BCUT2D eigenvalue weighted by Crippen LogP contribution is -2.27. The molecule has 1 aliphatic heterocycles. The summed E-state index contributed by atoms with van der Waals surface area (Å²) in [6, 6.07) is 8.71. The normalized spacial score (nSPS) is 16.2. The largest absolute Gasteiger partial charge is 0.457 e. The maximum atomic E-state index is 12.3. The van der Waals surface area contributed by atoms with E-state index in [4.69, 9.17) is 39.8 Å². The minimum Gasteiger partial charge on any atom is -0.457 e. The number of carbonyl (C=O) groups excluding carboxylic acids is 1. The molecule has 3 nitrogen and oxygen atoms in total. The van der Waals surface area contributed by atoms with Crippen LogP contribution in [-0.2, 0) is 4.79 Å². The number of rotatable bonds is 4. The average molecular weight is 396 g/mol. The highest BCUT2D eigenvalue weighted by atomic mass is 35.5. The molecule has 2 aromatic rings. The van der Waals surface area contributed by atoms with Crippen molar-refractivity contribution in [3.8, 4) is 11.3 Å². The van der Waals surface area contributed by atoms with E-state index in [-0.39, 0.29) is 5.91 Å². The highest BCUT2D eigenvalue weighted by Gasteiger charge is 2.31. The molecule has 1 amide bonds. The molecule has 122 valence electrons. The zero-order chi connectivity index (χ0) is 17.3. The molecule has 1 aromatic heterocycles. The van der Waals surface area contributed by atoms with Crippen LogP contribution >= 0.6 is 47.2 Å². The second-order valence-electron chi connectivity index (χ2n) is 4.91. The van der Waals surface area contributed by atoms with Crippen LogP contribution in [0.25, 0.3) is 17.4 Å². The van der Waals surface area contributed by atoms with Gasteiger partial charge in [-0.1, -0.05) is 53.3 Å². The Morgan fingerprint density at radius 3 is 2.83 bits per heavy atom. The van der Waals surface area contributed by atoms with Crippen molar-refractivity contribution in [1.82, 2.24) is 4.90 Å². The Hall–Kier alpha value is -1.53. The summed E-state index contributed by atoms with van der Waals surface area (Å²) in [7, 11) is 0. The number of halogens is 2. The molecule has 0 unspecified atom stereocenters. The topological polar surface area (TPSA) is 33.5 Å². The summed E-state index contributed by atoms with van der Waals surface area (Å²) >= 11 is 18.6. The van der Waals surface area contributed by atoms with Crippen LogP contribution in [0, 0.1) is 0 Å². The minimum atomic E-state index is -0.149. The van der Waals surface area contributed by atoms with Gasteiger partial charge in [-0.25, -0.2) is 0 Å². The van der Waals surface area contributed by atoms with Crippen LogP contribution in [0.5, 0.6) is 0 Å². The number of amides is 1. The van der Waals surface area contributed by atoms with Gasteiger partial charge in [0.2, 0.25) is 0 Å². The molecule has 1 aromatic carbocycles. The first-order valence-corrected chi connectivity index (χ1v) is 8.89. The Morgan fingerprint density at radius 1 is 1.29 bits per heavy atom. The maximum Gasteiger partial charge on any atom is 0.266 e. The van der Waals surface area contributed by atoms with Crippen molar-refractivity contribution in [3.05, 3.63) is 63.7 Å². The third-order valence-electron chi connectivity index (χ3n) is 3.28. The predicted octanol–water partition coefficient (Wildman–Crippen LogP) is 5.64. The van der Waals surface area contributed by atoms with E-state index < -0.39 is 0 Å². The monoisotopic (exact) mass is 395 g/mol. The zero-order valence-electron chi connectivity index (χ0n) is 12.3. The molecule has 2 heterocycles. The molecule has 24 heavy (non-hydrogen) atoms. The lowest BCUT2D eigenvalue weighted by atomic mass is 10.2. The van der Waals surface area contributed by atoms with Gasteiger partial charge in [0.15, 0.2) is 0 Å². The van der Waals surface area contributed by atoms with Crippen molar-refractivity contribution in [1.29, 1.82) is 0 Å². The number of carbonyl (C=O) groups is 1. The summed E-state index contributed by atoms with van der Waals surface area (Å²) in [5.74, 6) is 0.971. The van der Waals surface area contributed by atoms with Crippen LogP contribution in [0.4, 0.5) is 0 Å². The summed E-state index contributed by atoms with van der Waals surface area (Å²) in [6.45, 7) is 4.02. The van der Waals surface area contributed by atoms with Gasteiger partial charge in [-0.15, -0.1) is 6.58 Å². The summed E-state index contributed by atoms with van der Waals surface area (Å²) < 4.78 is 6.29. The number of hydrogen-bond acceptors (Lipinski definition) is 4. The van der Waals surface area contributed by atoms with E-state index in [0.29, 0.717) is 42.9 Å². The van der Waals surface area contributed by atoms with Crippen molar-refractivity contribution in [2.24, 2.45) is 0 Å². The van der Waals surface area contributed by atoms with Crippen molar-refractivity contribution >= 4 is 63.5 Å². The fraction of sp³-hybridized carbons (Fsp3) is 0.0588. The van der Waals surface area contributed by atoms with Crippen LogP contribution in [0.15, 0.2) is 52.3 Å². The van der Waals surface area contributed by atoms with Gasteiger partial charge < -0.3 is 4.42 Å². The van der Waals surface area contributed by atoms with E-state index in [9.17, 15) is 4.79 Å². The predicted molar refractivity (Wildman–Crippen MR) is 104 cm³/mol. The first-order chi connectivity index (χ1) is 11.5. The smallest absolute Gasteiger partial charge is 0.266 e. The quantitative estimate of drug-likeness (QED) is 0.380. The number of benzene rings is 1. The first kappa shape index (κ1) is 17.3. The number of hydrogen-bond donors (Lipinski definition) is 0. The number of thioether (sulfide) groups is 1. The van der Waals surface area contributed by atoms with Crippen LogP contribution in [0.3, 0.4) is 0 Å². The van der Waals surface area contributed by atoms with Gasteiger partial charge in [-0.2, -0.15) is 0 Å². The highest BCUT2D eigenvalue weighted by molar-refractivity contribution is 8.26. The Balaban J connectivity index is 1.89. The van der Waals surface area contributed by atoms with Crippen LogP contribution in [0.1, 0.15) is 5.76 Å². The first-order valence-electron chi connectivity index (χ1n) is 6.91. The molecule has 7 heteroatoms. The fourth-order valence-corrected chi connectivity index (χ4v) is 3.82. The summed E-state index contributed by atoms with van der Waals surface area (Å²) in [5.41, 5.74) is 0.697. The van der Waals surface area contributed by atoms with Crippen LogP contribution in [-0.4, -0.2) is 21.7 Å². The van der Waals surface area contributed by atoms with Gasteiger partial charge in [0, 0.05) is 23.2 Å². The van der Waals surface area contributed by atoms with Crippen molar-refractivity contribution in [3.63, 3.8) is 0 Å². The molecule has 1 fully saturated rings. The molecule has 0 radical (unpaired) electrons. The second-order valence-corrected chi connectivity index (χ2v) is 7.43. The van der Waals surface area contributed by atoms with E-state index in [1.54, 1.807) is 42.5 Å². The van der Waals surface area contributed by atoms with E-state index in [1.165, 1.54) is 16.7 Å². The van der Waals surface area contributed by atoms with Gasteiger partial charge >= 0.3 is 0 Å². The Kier molecular flexibility index (Phi) is 5.15. The lowest BCUT2D eigenvalue weighted by molar-refractivity contribution is -0.121. The molecule has 0 aliphatic carbocycles. The van der Waals surface area contributed by atoms with Gasteiger partial charge in [0.05, 0.1) is 9.93 Å². The minimum absolute atomic E-state index is 0.149. The van der Waals surface area contributed by atoms with Crippen LogP contribution in [0.2, 0.25) is 10.0 Å². The van der Waals surface area contributed by atoms with Crippen LogP contribution < -0.4 is 0 Å². The number of thiocarbonyl (C=S) groups is 1. The Morgan fingerprint density at radius 2 is 2.08 bits per heavy atom. The van der Waals surface area contributed by atoms with E-state index >= 15 is 0 Å². The van der Waals surface area contributed by atoms with Gasteiger partial charge in [-0.3, -0.25) is 9.69 Å². The van der Waals surface area contributed by atoms with Gasteiger partial charge in [0.1, 0.15) is 15.8 Å². The van der Waals surface area contributed by atoms with Crippen molar-refractivity contribution < 1.29 is 9.21 Å². The molecule has 0 N–H and O–H groups in total. The summed E-state index contributed by atoms with van der Waals surface area (Å²) in [6.07, 6.45) is 3.31. The number of furan rings is 1. The fourth-order valence-electron chi connectivity index (χ4n) is 2.18. The summed E-state index contributed by atoms with van der Waals surface area (Å²) in [4.78, 5) is 14.3. The molecule has 0 saturated carbocycles. The molecular weight excluding hydrogens is 385 g/mol. The zero-order valence-corrected chi connectivity index (χ0v) is 15.4. The van der Waals surface area contributed by atoms with Gasteiger partial charge in [-0.05, 0) is 30.3 Å². The Bertz CT molecular complexity index is 873. The SMILES string of the molecule is C=CCN1C(=O)/C(=C/c2ccc(-c3cc(Cl)ccc3Cl)o2)SC1=S. The maximum absolute atomic E-state index is 12.3. The van der Waals surface area contributed by atoms with Crippen molar-refractivity contribution in [2.45, 2.75) is 0 Å². The lowest BCUT2D eigenvalue weighted by Gasteiger charge is -2.10. The molecule has 1 saturated heterocycles. The average Bonchev–Trinajstić information content (AvgIpc) is 3.11. The molecule has 0 spiro atoms. The van der Waals surface area contributed by atoms with E-state index in [0.717, 1.165) is 0 Å². The third kappa shape index (κ3) is 3.44. The summed E-state index contributed by atoms with van der Waals surface area (Å²) in [5, 5.41) is 1.11. The molecular formula is C17H11Cl2NO2S2. The molecule has 1 aliphatic rings. The number of nitrogens with zero attached hydrogens (tertiary/aromatic N) is 1. The molecule has 3 rings (SSSR count). The third-order valence-corrected chi connectivity index (χ3v) is 5.22. The Labute approximate surface area is 158 Å². The van der Waals surface area contributed by atoms with E-state index in [2.05, 4.69) is 6.58 Å². The van der Waals surface area contributed by atoms with E-state index in [1.807, 2.05) is 0 Å². The highest BCUT2D eigenvalue weighted by Crippen LogP contribution is 2.35. The standard InChI is InChI=1S/C17H11Cl2NO2S2/c1-2-7-20-16(21)15(24-17(20)23)9-11-4-6-14(22-11)12-8-10(18)3-5-13(12)19/h2-6,8-9H,1,7H2/b15-9-. The van der Waals surface area contributed by atoms with Crippen molar-refractivity contribution in [2.75, 3.05) is 6.54 Å². The molecule has 0 bridgehead atoms.